The Hall–Kier alpha value is -3.11. The Labute approximate surface area is 180 Å². The van der Waals surface area contributed by atoms with E-state index in [-0.39, 0.29) is 5.91 Å². The summed E-state index contributed by atoms with van der Waals surface area (Å²) in [5, 5.41) is 3.53. The zero-order chi connectivity index (χ0) is 20.7. The SMILES string of the molecule is CC(=O)Nc1ccc(Cl)cc1-c1ccc(-n2c(CC3CC3)nc3ccccc32)cc1. The summed E-state index contributed by atoms with van der Waals surface area (Å²) in [7, 11) is 0. The fraction of sp³-hybridized carbons (Fsp3) is 0.200. The Morgan fingerprint density at radius 3 is 2.60 bits per heavy atom. The van der Waals surface area contributed by atoms with E-state index in [1.165, 1.54) is 19.8 Å². The molecule has 150 valence electrons. The number of carbonyl (C=O) groups is 1. The van der Waals surface area contributed by atoms with E-state index in [4.69, 9.17) is 16.6 Å². The van der Waals surface area contributed by atoms with Gasteiger partial charge >= 0.3 is 0 Å². The maximum absolute atomic E-state index is 11.6. The summed E-state index contributed by atoms with van der Waals surface area (Å²) in [6.07, 6.45) is 3.60. The number of halogens is 1. The van der Waals surface area contributed by atoms with Gasteiger partial charge in [0.05, 0.1) is 11.0 Å². The molecular weight excluding hydrogens is 394 g/mol. The minimum absolute atomic E-state index is 0.107. The van der Waals surface area contributed by atoms with Crippen LogP contribution in [0, 0.1) is 5.92 Å². The average Bonchev–Trinajstić information content (AvgIpc) is 3.47. The third-order valence-electron chi connectivity index (χ3n) is 5.53. The number of rotatable bonds is 5. The van der Waals surface area contributed by atoms with Crippen LogP contribution in [0.25, 0.3) is 27.8 Å². The molecule has 0 bridgehead atoms. The highest BCUT2D eigenvalue weighted by Crippen LogP contribution is 2.35. The van der Waals surface area contributed by atoms with Gasteiger partial charge in [0, 0.05) is 35.3 Å². The van der Waals surface area contributed by atoms with E-state index in [2.05, 4.69) is 52.3 Å². The molecule has 1 fully saturated rings. The van der Waals surface area contributed by atoms with Crippen LogP contribution < -0.4 is 5.32 Å². The minimum Gasteiger partial charge on any atom is -0.326 e. The number of benzene rings is 3. The molecule has 3 aromatic carbocycles. The van der Waals surface area contributed by atoms with Crippen LogP contribution in [-0.2, 0) is 11.2 Å². The van der Waals surface area contributed by atoms with Crippen molar-refractivity contribution in [3.63, 3.8) is 0 Å². The number of para-hydroxylation sites is 2. The molecule has 1 aliphatic carbocycles. The van der Waals surface area contributed by atoms with Crippen molar-refractivity contribution in [2.24, 2.45) is 5.92 Å². The maximum atomic E-state index is 11.6. The summed E-state index contributed by atoms with van der Waals surface area (Å²) < 4.78 is 2.27. The van der Waals surface area contributed by atoms with Crippen LogP contribution in [0.15, 0.2) is 66.7 Å². The van der Waals surface area contributed by atoms with E-state index in [0.29, 0.717) is 5.02 Å². The van der Waals surface area contributed by atoms with Crippen LogP contribution >= 0.6 is 11.6 Å². The minimum atomic E-state index is -0.107. The quantitative estimate of drug-likeness (QED) is 0.418. The zero-order valence-electron chi connectivity index (χ0n) is 16.7. The van der Waals surface area contributed by atoms with Crippen molar-refractivity contribution in [1.29, 1.82) is 0 Å². The van der Waals surface area contributed by atoms with E-state index in [9.17, 15) is 4.79 Å². The number of fused-ring (bicyclic) bond motifs is 1. The fourth-order valence-corrected chi connectivity index (χ4v) is 4.10. The number of imidazole rings is 1. The largest absolute Gasteiger partial charge is 0.326 e. The van der Waals surface area contributed by atoms with E-state index in [1.54, 1.807) is 6.07 Å². The second-order valence-electron chi connectivity index (χ2n) is 7.92. The first-order valence-corrected chi connectivity index (χ1v) is 10.6. The molecule has 0 unspecified atom stereocenters. The first-order valence-electron chi connectivity index (χ1n) is 10.2. The van der Waals surface area contributed by atoms with Gasteiger partial charge in [-0.05, 0) is 66.8 Å². The van der Waals surface area contributed by atoms with Gasteiger partial charge in [0.25, 0.3) is 0 Å². The van der Waals surface area contributed by atoms with Gasteiger partial charge in [0.1, 0.15) is 5.82 Å². The lowest BCUT2D eigenvalue weighted by atomic mass is 10.0. The highest BCUT2D eigenvalue weighted by Gasteiger charge is 2.25. The molecule has 1 aromatic heterocycles. The predicted octanol–water partition coefficient (Wildman–Crippen LogP) is 6.26. The maximum Gasteiger partial charge on any atom is 0.221 e. The van der Waals surface area contributed by atoms with Crippen molar-refractivity contribution >= 4 is 34.2 Å². The molecule has 1 amide bonds. The molecule has 4 aromatic rings. The molecular formula is C25H22ClN3O. The van der Waals surface area contributed by atoms with E-state index in [0.717, 1.165) is 51.7 Å². The average molecular weight is 416 g/mol. The van der Waals surface area contributed by atoms with Crippen LogP contribution in [0.3, 0.4) is 0 Å². The summed E-state index contributed by atoms with van der Waals surface area (Å²) in [6, 6.07) is 22.2. The molecule has 0 radical (unpaired) electrons. The molecule has 1 heterocycles. The molecule has 0 saturated heterocycles. The fourth-order valence-electron chi connectivity index (χ4n) is 3.93. The molecule has 0 atom stereocenters. The lowest BCUT2D eigenvalue weighted by molar-refractivity contribution is -0.114. The van der Waals surface area contributed by atoms with E-state index >= 15 is 0 Å². The Kier molecular flexibility index (Phi) is 4.80. The second-order valence-corrected chi connectivity index (χ2v) is 8.35. The van der Waals surface area contributed by atoms with Crippen molar-refractivity contribution in [1.82, 2.24) is 9.55 Å². The molecule has 1 N–H and O–H groups in total. The number of amides is 1. The van der Waals surface area contributed by atoms with Crippen LogP contribution in [-0.4, -0.2) is 15.5 Å². The Balaban J connectivity index is 1.57. The van der Waals surface area contributed by atoms with Gasteiger partial charge in [-0.3, -0.25) is 9.36 Å². The Morgan fingerprint density at radius 1 is 1.10 bits per heavy atom. The summed E-state index contributed by atoms with van der Waals surface area (Å²) in [5.74, 6) is 1.77. The number of carbonyl (C=O) groups excluding carboxylic acids is 1. The standard InChI is InChI=1S/C25H22ClN3O/c1-16(30)27-22-13-10-19(26)15-21(22)18-8-11-20(12-9-18)29-24-5-3-2-4-23(24)28-25(29)14-17-6-7-17/h2-5,8-13,15,17H,6-7,14H2,1H3,(H,27,30). The van der Waals surface area contributed by atoms with Crippen molar-refractivity contribution < 1.29 is 4.79 Å². The zero-order valence-corrected chi connectivity index (χ0v) is 17.5. The predicted molar refractivity (Wildman–Crippen MR) is 122 cm³/mol. The number of anilines is 1. The normalized spacial score (nSPS) is 13.5. The third-order valence-corrected chi connectivity index (χ3v) is 5.76. The number of hydrogen-bond acceptors (Lipinski definition) is 2. The summed E-state index contributed by atoms with van der Waals surface area (Å²) >= 11 is 6.23. The first kappa shape index (κ1) is 18.9. The molecule has 1 aliphatic rings. The number of aromatic nitrogens is 2. The van der Waals surface area contributed by atoms with Crippen LogP contribution in [0.5, 0.6) is 0 Å². The van der Waals surface area contributed by atoms with E-state index in [1.807, 2.05) is 18.2 Å². The molecule has 30 heavy (non-hydrogen) atoms. The van der Waals surface area contributed by atoms with E-state index < -0.39 is 0 Å². The van der Waals surface area contributed by atoms with Crippen molar-refractivity contribution in [2.45, 2.75) is 26.2 Å². The summed E-state index contributed by atoms with van der Waals surface area (Å²) in [4.78, 5) is 16.5. The lowest BCUT2D eigenvalue weighted by Gasteiger charge is -2.13. The number of nitrogens with one attached hydrogen (secondary N) is 1. The number of hydrogen-bond donors (Lipinski definition) is 1. The van der Waals surface area contributed by atoms with Crippen molar-refractivity contribution in [3.05, 3.63) is 77.6 Å². The van der Waals surface area contributed by atoms with Gasteiger partial charge < -0.3 is 5.32 Å². The molecule has 0 spiro atoms. The van der Waals surface area contributed by atoms with Gasteiger partial charge in [0.15, 0.2) is 0 Å². The number of nitrogens with zero attached hydrogens (tertiary/aromatic N) is 2. The first-order chi connectivity index (χ1) is 14.6. The van der Waals surface area contributed by atoms with Gasteiger partial charge in [0.2, 0.25) is 5.91 Å². The highest BCUT2D eigenvalue weighted by atomic mass is 35.5. The highest BCUT2D eigenvalue weighted by molar-refractivity contribution is 6.31. The molecule has 4 nitrogen and oxygen atoms in total. The summed E-state index contributed by atoms with van der Waals surface area (Å²) in [6.45, 7) is 1.51. The van der Waals surface area contributed by atoms with Gasteiger partial charge in [-0.15, -0.1) is 0 Å². The Morgan fingerprint density at radius 2 is 1.87 bits per heavy atom. The topological polar surface area (TPSA) is 46.9 Å². The molecule has 1 saturated carbocycles. The molecule has 5 rings (SSSR count). The van der Waals surface area contributed by atoms with Crippen LogP contribution in [0.1, 0.15) is 25.6 Å². The lowest BCUT2D eigenvalue weighted by Crippen LogP contribution is -2.07. The van der Waals surface area contributed by atoms with Gasteiger partial charge in [-0.1, -0.05) is 35.9 Å². The molecule has 0 aliphatic heterocycles. The summed E-state index contributed by atoms with van der Waals surface area (Å²) in [5.41, 5.74) is 5.90. The Bertz CT molecular complexity index is 1240. The molecule has 5 heteroatoms. The smallest absolute Gasteiger partial charge is 0.221 e. The monoisotopic (exact) mass is 415 g/mol. The van der Waals surface area contributed by atoms with Crippen LogP contribution in [0.4, 0.5) is 5.69 Å². The van der Waals surface area contributed by atoms with Crippen molar-refractivity contribution in [2.75, 3.05) is 5.32 Å². The van der Waals surface area contributed by atoms with Crippen molar-refractivity contribution in [3.8, 4) is 16.8 Å². The van der Waals surface area contributed by atoms with Crippen LogP contribution in [0.2, 0.25) is 5.02 Å². The van der Waals surface area contributed by atoms with Gasteiger partial charge in [-0.25, -0.2) is 4.98 Å². The van der Waals surface area contributed by atoms with Gasteiger partial charge in [-0.2, -0.15) is 0 Å². The second kappa shape index (κ2) is 7.62. The third kappa shape index (κ3) is 3.71.